The van der Waals surface area contributed by atoms with Crippen molar-refractivity contribution in [2.24, 2.45) is 0 Å². The van der Waals surface area contributed by atoms with Crippen molar-refractivity contribution in [3.05, 3.63) is 54.1 Å². The van der Waals surface area contributed by atoms with Crippen LogP contribution in [0.25, 0.3) is 0 Å². The first-order valence-electron chi connectivity index (χ1n) is 11.4. The Kier molecular flexibility index (Phi) is 9.56. The van der Waals surface area contributed by atoms with Crippen molar-refractivity contribution >= 4 is 24.2 Å². The number of alkyl carbamates (subject to hydrolysis) is 1. The molecule has 10 heteroatoms. The van der Waals surface area contributed by atoms with E-state index in [1.165, 1.54) is 6.33 Å². The van der Waals surface area contributed by atoms with Crippen LogP contribution in [0.4, 0.5) is 4.79 Å². The Hall–Kier alpha value is -3.69. The molecule has 1 heterocycles. The second kappa shape index (κ2) is 12.1. The Morgan fingerprint density at radius 1 is 1.06 bits per heavy atom. The van der Waals surface area contributed by atoms with Gasteiger partial charge in [0.15, 0.2) is 0 Å². The summed E-state index contributed by atoms with van der Waals surface area (Å²) in [6, 6.07) is 7.52. The van der Waals surface area contributed by atoms with Gasteiger partial charge in [-0.15, -0.1) is 0 Å². The van der Waals surface area contributed by atoms with Gasteiger partial charge in [0.05, 0.1) is 12.4 Å². The number of carbonyl (C=O) groups is 4. The van der Waals surface area contributed by atoms with Crippen LogP contribution in [0.2, 0.25) is 0 Å². The molecule has 0 aliphatic rings. The van der Waals surface area contributed by atoms with E-state index in [2.05, 4.69) is 25.9 Å². The van der Waals surface area contributed by atoms with E-state index in [4.69, 9.17) is 4.74 Å². The maximum atomic E-state index is 13.1. The van der Waals surface area contributed by atoms with Gasteiger partial charge < -0.3 is 30.5 Å². The van der Waals surface area contributed by atoms with Crippen molar-refractivity contribution in [1.82, 2.24) is 25.9 Å². The molecule has 0 aliphatic carbocycles. The lowest BCUT2D eigenvalue weighted by Crippen LogP contribution is -2.54. The molecule has 0 bridgehead atoms. The summed E-state index contributed by atoms with van der Waals surface area (Å²) in [5.41, 5.74) is -0.0602. The van der Waals surface area contributed by atoms with E-state index in [1.807, 2.05) is 30.3 Å². The van der Waals surface area contributed by atoms with E-state index >= 15 is 0 Å². The number of nitrogens with one attached hydrogen (secondary N) is 4. The lowest BCUT2D eigenvalue weighted by Gasteiger charge is -2.29. The molecule has 0 aliphatic heterocycles. The van der Waals surface area contributed by atoms with E-state index in [9.17, 15) is 19.2 Å². The maximum Gasteiger partial charge on any atom is 0.408 e. The number of rotatable bonds is 11. The third kappa shape index (κ3) is 10.4. The molecule has 2 rings (SSSR count). The van der Waals surface area contributed by atoms with E-state index < -0.39 is 41.1 Å². The van der Waals surface area contributed by atoms with Crippen LogP contribution in [-0.2, 0) is 32.0 Å². The maximum absolute atomic E-state index is 13.1. The van der Waals surface area contributed by atoms with E-state index in [0.717, 1.165) is 5.56 Å². The second-order valence-electron chi connectivity index (χ2n) is 10.0. The summed E-state index contributed by atoms with van der Waals surface area (Å²) in [5.74, 6) is -0.921. The average molecular weight is 486 g/mol. The predicted octanol–water partition coefficient (Wildman–Crippen LogP) is 2.06. The van der Waals surface area contributed by atoms with Crippen LogP contribution in [0.15, 0.2) is 42.9 Å². The van der Waals surface area contributed by atoms with Gasteiger partial charge in [0.25, 0.3) is 0 Å². The Bertz CT molecular complexity index is 983. The van der Waals surface area contributed by atoms with Gasteiger partial charge in [-0.2, -0.15) is 0 Å². The molecule has 0 fully saturated rings. The van der Waals surface area contributed by atoms with Gasteiger partial charge in [0.2, 0.25) is 11.8 Å². The number of ether oxygens (including phenoxy) is 1. The first-order chi connectivity index (χ1) is 16.4. The molecule has 0 spiro atoms. The smallest absolute Gasteiger partial charge is 0.408 e. The molecule has 10 nitrogen and oxygen atoms in total. The summed E-state index contributed by atoms with van der Waals surface area (Å²) in [6.07, 6.45) is 3.46. The molecule has 0 saturated heterocycles. The van der Waals surface area contributed by atoms with Gasteiger partial charge in [0.1, 0.15) is 17.9 Å². The minimum Gasteiger partial charge on any atom is -0.444 e. The number of hydrogen-bond acceptors (Lipinski definition) is 6. The molecular formula is C25H35N5O5. The molecule has 0 saturated carbocycles. The fourth-order valence-corrected chi connectivity index (χ4v) is 3.38. The van der Waals surface area contributed by atoms with Crippen molar-refractivity contribution in [3.8, 4) is 0 Å². The minimum atomic E-state index is -0.925. The molecular weight excluding hydrogens is 450 g/mol. The first-order valence-corrected chi connectivity index (χ1v) is 11.4. The summed E-state index contributed by atoms with van der Waals surface area (Å²) >= 11 is 0. The lowest BCUT2D eigenvalue weighted by molar-refractivity contribution is -0.130. The minimum absolute atomic E-state index is 0.0872. The number of amides is 3. The van der Waals surface area contributed by atoms with Crippen LogP contribution in [0.3, 0.4) is 0 Å². The quantitative estimate of drug-likeness (QED) is 0.359. The van der Waals surface area contributed by atoms with Crippen LogP contribution >= 0.6 is 0 Å². The fourth-order valence-electron chi connectivity index (χ4n) is 3.38. The molecule has 2 aromatic rings. The largest absolute Gasteiger partial charge is 0.444 e. The Morgan fingerprint density at radius 3 is 2.31 bits per heavy atom. The van der Waals surface area contributed by atoms with Gasteiger partial charge in [-0.05, 0) is 40.2 Å². The molecule has 1 aromatic carbocycles. The first kappa shape index (κ1) is 27.6. The van der Waals surface area contributed by atoms with E-state index in [-0.39, 0.29) is 19.3 Å². The van der Waals surface area contributed by atoms with Crippen LogP contribution in [0, 0.1) is 0 Å². The summed E-state index contributed by atoms with van der Waals surface area (Å²) < 4.78 is 5.27. The topological polar surface area (TPSA) is 142 Å². The molecule has 2 atom stereocenters. The zero-order valence-electron chi connectivity index (χ0n) is 20.9. The molecule has 4 N–H and O–H groups in total. The Labute approximate surface area is 205 Å². The van der Waals surface area contributed by atoms with Crippen molar-refractivity contribution < 1.29 is 23.9 Å². The molecule has 35 heavy (non-hydrogen) atoms. The predicted molar refractivity (Wildman–Crippen MR) is 130 cm³/mol. The summed E-state index contributed by atoms with van der Waals surface area (Å²) in [7, 11) is 0. The molecule has 190 valence electrons. The van der Waals surface area contributed by atoms with Crippen LogP contribution < -0.4 is 16.0 Å². The van der Waals surface area contributed by atoms with Gasteiger partial charge in [0, 0.05) is 36.7 Å². The second-order valence-corrected chi connectivity index (χ2v) is 10.0. The van der Waals surface area contributed by atoms with Crippen LogP contribution in [-0.4, -0.2) is 57.4 Å². The Balaban J connectivity index is 2.07. The fraction of sp³-hybridized carbons (Fsp3) is 0.480. The standard InChI is InChI=1S/C25H35N5O5/c1-24(2,3)35-23(34)30-25(4,5)13-21(32)29-20(11-17-9-7-6-8-10-17)22(33)28-19(15-31)12-18-14-26-16-27-18/h6-10,14-16,19-20H,11-13H2,1-5H3,(H,26,27)(H,28,33)(H,29,32)(H,30,34)/t19-,20-/m0/s1. The highest BCUT2D eigenvalue weighted by atomic mass is 16.6. The van der Waals surface area contributed by atoms with Crippen molar-refractivity contribution in [1.29, 1.82) is 0 Å². The number of aromatic nitrogens is 2. The van der Waals surface area contributed by atoms with Crippen molar-refractivity contribution in [2.75, 3.05) is 0 Å². The third-order valence-electron chi connectivity index (χ3n) is 4.86. The van der Waals surface area contributed by atoms with Crippen molar-refractivity contribution in [2.45, 2.75) is 77.1 Å². The molecule has 1 aromatic heterocycles. The van der Waals surface area contributed by atoms with Gasteiger partial charge in [-0.25, -0.2) is 9.78 Å². The highest BCUT2D eigenvalue weighted by Gasteiger charge is 2.30. The van der Waals surface area contributed by atoms with E-state index in [1.54, 1.807) is 40.8 Å². The van der Waals surface area contributed by atoms with Gasteiger partial charge in [-0.3, -0.25) is 9.59 Å². The zero-order chi connectivity index (χ0) is 26.1. The van der Waals surface area contributed by atoms with Crippen molar-refractivity contribution in [3.63, 3.8) is 0 Å². The molecule has 3 amide bonds. The monoisotopic (exact) mass is 485 g/mol. The number of benzene rings is 1. The SMILES string of the molecule is CC(C)(CC(=O)N[C@@H](Cc1ccccc1)C(=O)N[C@H](C=O)Cc1cnc[nH]1)NC(=O)OC(C)(C)C. The summed E-state index contributed by atoms with van der Waals surface area (Å²) in [4.78, 5) is 56.5. The summed E-state index contributed by atoms with van der Waals surface area (Å²) in [5, 5.41) is 8.13. The number of aldehydes is 1. The highest BCUT2D eigenvalue weighted by Crippen LogP contribution is 2.13. The average Bonchev–Trinajstić information content (AvgIpc) is 3.24. The number of H-pyrrole nitrogens is 1. The number of imidazole rings is 1. The van der Waals surface area contributed by atoms with Gasteiger partial charge >= 0.3 is 6.09 Å². The number of hydrogen-bond donors (Lipinski definition) is 4. The lowest BCUT2D eigenvalue weighted by atomic mass is 9.99. The third-order valence-corrected chi connectivity index (χ3v) is 4.86. The molecule has 0 radical (unpaired) electrons. The van der Waals surface area contributed by atoms with Gasteiger partial charge in [-0.1, -0.05) is 30.3 Å². The zero-order valence-corrected chi connectivity index (χ0v) is 20.9. The summed E-state index contributed by atoms with van der Waals surface area (Å²) in [6.45, 7) is 8.62. The van der Waals surface area contributed by atoms with E-state index in [0.29, 0.717) is 12.0 Å². The number of carbonyl (C=O) groups excluding carboxylic acids is 4. The normalized spacial score (nSPS) is 13.3. The molecule has 0 unspecified atom stereocenters. The number of nitrogens with zero attached hydrogens (tertiary/aromatic N) is 1. The van der Waals surface area contributed by atoms with Crippen LogP contribution in [0.1, 0.15) is 52.3 Å². The van der Waals surface area contributed by atoms with Crippen LogP contribution in [0.5, 0.6) is 0 Å². The Morgan fingerprint density at radius 2 is 1.74 bits per heavy atom. The highest BCUT2D eigenvalue weighted by molar-refractivity contribution is 5.89. The number of aromatic amines is 1.